The molecule has 0 aliphatic rings. The summed E-state index contributed by atoms with van der Waals surface area (Å²) in [6.45, 7) is 15.6. The van der Waals surface area contributed by atoms with Crippen molar-refractivity contribution in [3.63, 3.8) is 0 Å². The Morgan fingerprint density at radius 3 is 2.14 bits per heavy atom. The van der Waals surface area contributed by atoms with Crippen LogP contribution in [0.3, 0.4) is 0 Å². The van der Waals surface area contributed by atoms with E-state index in [-0.39, 0.29) is 17.7 Å². The number of aryl methyl sites for hydroxylation is 2. The van der Waals surface area contributed by atoms with Gasteiger partial charge in [0.1, 0.15) is 17.7 Å². The predicted octanol–water partition coefficient (Wildman–Crippen LogP) is 8.77. The first-order chi connectivity index (χ1) is 20.3. The zero-order chi connectivity index (χ0) is 32.2. The van der Waals surface area contributed by atoms with Gasteiger partial charge < -0.3 is 20.3 Å². The molecule has 0 saturated carbocycles. The Kier molecular flexibility index (Phi) is 14.5. The van der Waals surface area contributed by atoms with Crippen LogP contribution in [0.25, 0.3) is 0 Å². The Bertz CT molecular complexity index is 1190. The Morgan fingerprint density at radius 1 is 0.907 bits per heavy atom. The second-order valence-electron chi connectivity index (χ2n) is 12.5. The lowest BCUT2D eigenvalue weighted by Crippen LogP contribution is -2.55. The van der Waals surface area contributed by atoms with E-state index in [9.17, 15) is 14.4 Å². The second kappa shape index (κ2) is 17.3. The number of nitrogens with one attached hydrogen (secondary N) is 2. The van der Waals surface area contributed by atoms with Crippen LogP contribution in [0.1, 0.15) is 109 Å². The maximum absolute atomic E-state index is 14.6. The molecule has 0 saturated heterocycles. The molecule has 3 unspecified atom stereocenters. The van der Waals surface area contributed by atoms with Gasteiger partial charge in [-0.2, -0.15) is 0 Å². The van der Waals surface area contributed by atoms with Crippen molar-refractivity contribution in [3.8, 4) is 0 Å². The molecule has 0 bridgehead atoms. The SMILES string of the molecule is CCCCCCCCN(C(=O)C(NC(=O)OC(C)(C)C)C(C)CC)C(C(=O)Nc1c(C)cccc1Cl)c1ccccc1C. The molecule has 238 valence electrons. The number of hydrogen-bond acceptors (Lipinski definition) is 4. The quantitative estimate of drug-likeness (QED) is 0.197. The van der Waals surface area contributed by atoms with Gasteiger partial charge in [-0.05, 0) is 69.7 Å². The minimum Gasteiger partial charge on any atom is -0.444 e. The van der Waals surface area contributed by atoms with Crippen LogP contribution in [-0.4, -0.2) is 41.0 Å². The van der Waals surface area contributed by atoms with Crippen molar-refractivity contribution in [2.45, 2.75) is 118 Å². The number of alkyl carbamates (subject to hydrolysis) is 1. The number of benzene rings is 2. The van der Waals surface area contributed by atoms with Gasteiger partial charge in [0.25, 0.3) is 5.91 Å². The Balaban J connectivity index is 2.58. The number of carbonyl (C=O) groups excluding carboxylic acids is 3. The normalized spacial score (nSPS) is 13.5. The van der Waals surface area contributed by atoms with Crippen LogP contribution in [0.15, 0.2) is 42.5 Å². The van der Waals surface area contributed by atoms with Crippen molar-refractivity contribution in [2.75, 3.05) is 11.9 Å². The van der Waals surface area contributed by atoms with Gasteiger partial charge in [0.15, 0.2) is 0 Å². The number of halogens is 1. The summed E-state index contributed by atoms with van der Waals surface area (Å²) >= 11 is 6.51. The van der Waals surface area contributed by atoms with Crippen molar-refractivity contribution in [2.24, 2.45) is 5.92 Å². The number of anilines is 1. The fourth-order valence-corrected chi connectivity index (χ4v) is 5.32. The molecule has 3 atom stereocenters. The van der Waals surface area contributed by atoms with Gasteiger partial charge in [0.05, 0.1) is 10.7 Å². The molecule has 2 rings (SSSR count). The van der Waals surface area contributed by atoms with E-state index >= 15 is 0 Å². The molecule has 0 heterocycles. The maximum Gasteiger partial charge on any atom is 0.408 e. The van der Waals surface area contributed by atoms with E-state index < -0.39 is 23.8 Å². The smallest absolute Gasteiger partial charge is 0.408 e. The molecule has 2 aromatic rings. The second-order valence-corrected chi connectivity index (χ2v) is 12.9. The average Bonchev–Trinajstić information content (AvgIpc) is 2.94. The third-order valence-electron chi connectivity index (χ3n) is 7.70. The minimum atomic E-state index is -0.938. The molecule has 2 N–H and O–H groups in total. The van der Waals surface area contributed by atoms with Crippen molar-refractivity contribution < 1.29 is 19.1 Å². The zero-order valence-corrected chi connectivity index (χ0v) is 28.1. The van der Waals surface area contributed by atoms with Gasteiger partial charge in [-0.15, -0.1) is 0 Å². The molecule has 8 heteroatoms. The maximum atomic E-state index is 14.6. The Labute approximate surface area is 264 Å². The van der Waals surface area contributed by atoms with Gasteiger partial charge in [0, 0.05) is 6.54 Å². The van der Waals surface area contributed by atoms with Crippen LogP contribution in [0.4, 0.5) is 10.5 Å². The summed E-state index contributed by atoms with van der Waals surface area (Å²) in [6.07, 6.45) is 6.16. The number of carbonyl (C=O) groups is 3. The Hall–Kier alpha value is -3.06. The van der Waals surface area contributed by atoms with E-state index in [2.05, 4.69) is 17.6 Å². The van der Waals surface area contributed by atoms with Gasteiger partial charge in [-0.25, -0.2) is 4.79 Å². The van der Waals surface area contributed by atoms with Crippen LogP contribution in [0, 0.1) is 19.8 Å². The molecule has 2 aromatic carbocycles. The first-order valence-corrected chi connectivity index (χ1v) is 16.1. The van der Waals surface area contributed by atoms with Crippen LogP contribution >= 0.6 is 11.6 Å². The first kappa shape index (κ1) is 36.1. The number of amides is 3. The summed E-state index contributed by atoms with van der Waals surface area (Å²) in [5.74, 6) is -0.864. The zero-order valence-electron chi connectivity index (χ0n) is 27.4. The lowest BCUT2D eigenvalue weighted by molar-refractivity contribution is -0.142. The van der Waals surface area contributed by atoms with Crippen molar-refractivity contribution >= 4 is 35.2 Å². The molecular weight excluding hydrogens is 562 g/mol. The van der Waals surface area contributed by atoms with E-state index in [1.54, 1.807) is 31.7 Å². The number of ether oxygens (including phenoxy) is 1. The van der Waals surface area contributed by atoms with Crippen molar-refractivity contribution in [1.29, 1.82) is 0 Å². The molecule has 0 spiro atoms. The topological polar surface area (TPSA) is 87.7 Å². The van der Waals surface area contributed by atoms with E-state index in [0.717, 1.165) is 48.8 Å². The average molecular weight is 614 g/mol. The highest BCUT2D eigenvalue weighted by atomic mass is 35.5. The summed E-state index contributed by atoms with van der Waals surface area (Å²) < 4.78 is 5.53. The predicted molar refractivity (Wildman–Crippen MR) is 176 cm³/mol. The molecule has 3 amide bonds. The fourth-order valence-electron chi connectivity index (χ4n) is 5.05. The minimum absolute atomic E-state index is 0.196. The number of para-hydroxylation sites is 1. The van der Waals surface area contributed by atoms with E-state index in [0.29, 0.717) is 23.7 Å². The largest absolute Gasteiger partial charge is 0.444 e. The molecule has 43 heavy (non-hydrogen) atoms. The summed E-state index contributed by atoms with van der Waals surface area (Å²) in [4.78, 5) is 43.4. The van der Waals surface area contributed by atoms with Gasteiger partial charge in [0.2, 0.25) is 5.91 Å². The highest BCUT2D eigenvalue weighted by Crippen LogP contribution is 2.31. The molecule has 0 fully saturated rings. The van der Waals surface area contributed by atoms with Crippen LogP contribution in [0.5, 0.6) is 0 Å². The standard InChI is InChI=1S/C35H52ClN3O4/c1-9-11-12-13-14-17-23-39(33(41)30(24(3)10-2)38-34(42)43-35(6,7)8)31(27-21-16-15-19-25(27)4)32(40)37-29-26(5)20-18-22-28(29)36/h15-16,18-22,24,30-31H,9-14,17,23H2,1-8H3,(H,37,40)(H,38,42). The number of nitrogens with zero attached hydrogens (tertiary/aromatic N) is 1. The number of hydrogen-bond donors (Lipinski definition) is 2. The van der Waals surface area contributed by atoms with E-state index in [1.165, 1.54) is 6.42 Å². The Morgan fingerprint density at radius 2 is 1.53 bits per heavy atom. The summed E-state index contributed by atoms with van der Waals surface area (Å²) in [5, 5.41) is 6.31. The monoisotopic (exact) mass is 613 g/mol. The first-order valence-electron chi connectivity index (χ1n) is 15.7. The molecule has 0 aliphatic carbocycles. The third kappa shape index (κ3) is 11.2. The molecular formula is C35H52ClN3O4. The van der Waals surface area contributed by atoms with Gasteiger partial charge in [-0.3, -0.25) is 9.59 Å². The molecule has 0 radical (unpaired) electrons. The summed E-state index contributed by atoms with van der Waals surface area (Å²) in [6, 6.07) is 11.3. The van der Waals surface area contributed by atoms with Crippen LogP contribution in [0.2, 0.25) is 5.02 Å². The van der Waals surface area contributed by atoms with Gasteiger partial charge in [-0.1, -0.05) is 107 Å². The lowest BCUT2D eigenvalue weighted by Gasteiger charge is -2.36. The van der Waals surface area contributed by atoms with Gasteiger partial charge >= 0.3 is 6.09 Å². The highest BCUT2D eigenvalue weighted by Gasteiger charge is 2.38. The van der Waals surface area contributed by atoms with Crippen LogP contribution < -0.4 is 10.6 Å². The lowest BCUT2D eigenvalue weighted by atomic mass is 9.94. The molecule has 0 aliphatic heterocycles. The molecule has 0 aromatic heterocycles. The van der Waals surface area contributed by atoms with E-state index in [1.807, 2.05) is 64.1 Å². The van der Waals surface area contributed by atoms with Crippen molar-refractivity contribution in [3.05, 3.63) is 64.2 Å². The fraction of sp³-hybridized carbons (Fsp3) is 0.571. The number of unbranched alkanes of at least 4 members (excludes halogenated alkanes) is 5. The summed E-state index contributed by atoms with van der Waals surface area (Å²) in [5.41, 5.74) is 2.23. The van der Waals surface area contributed by atoms with Crippen LogP contribution in [-0.2, 0) is 14.3 Å². The molecule has 7 nitrogen and oxygen atoms in total. The number of rotatable bonds is 15. The summed E-state index contributed by atoms with van der Waals surface area (Å²) in [7, 11) is 0. The third-order valence-corrected chi connectivity index (χ3v) is 8.02. The van der Waals surface area contributed by atoms with Crippen molar-refractivity contribution in [1.82, 2.24) is 10.2 Å². The van der Waals surface area contributed by atoms with E-state index in [4.69, 9.17) is 16.3 Å². The highest BCUT2D eigenvalue weighted by molar-refractivity contribution is 6.34.